The molecule has 5 nitrogen and oxygen atoms in total. The van der Waals surface area contributed by atoms with Crippen molar-refractivity contribution in [2.24, 2.45) is 0 Å². The van der Waals surface area contributed by atoms with Gasteiger partial charge in [0.1, 0.15) is 16.9 Å². The predicted molar refractivity (Wildman–Crippen MR) is 101 cm³/mol. The second kappa shape index (κ2) is 8.60. The average molecular weight is 384 g/mol. The van der Waals surface area contributed by atoms with Crippen LogP contribution in [0.15, 0.2) is 30.3 Å². The van der Waals surface area contributed by atoms with Crippen LogP contribution < -0.4 is 5.32 Å². The number of aryl methyl sites for hydroxylation is 1. The maximum atomic E-state index is 12.8. The monoisotopic (exact) mass is 384 g/mol. The maximum absolute atomic E-state index is 12.8. The fraction of sp³-hybridized carbons (Fsp3) is 0.250. The largest absolute Gasteiger partial charge is 0.452 e. The SMILES string of the molecule is N#Cc1c(NC(=O)COC(=O)C=Cc2ccc(F)cc2)sc2c1CCCC2. The Balaban J connectivity index is 1.54. The molecule has 3 rings (SSSR count). The Morgan fingerprint density at radius 3 is 2.74 bits per heavy atom. The smallest absolute Gasteiger partial charge is 0.331 e. The van der Waals surface area contributed by atoms with E-state index in [1.807, 2.05) is 0 Å². The number of thiophene rings is 1. The molecule has 0 unspecified atom stereocenters. The van der Waals surface area contributed by atoms with Gasteiger partial charge < -0.3 is 10.1 Å². The van der Waals surface area contributed by atoms with Crippen LogP contribution in [-0.4, -0.2) is 18.5 Å². The minimum atomic E-state index is -0.680. The highest BCUT2D eigenvalue weighted by Crippen LogP contribution is 2.37. The van der Waals surface area contributed by atoms with Gasteiger partial charge in [0, 0.05) is 11.0 Å². The highest BCUT2D eigenvalue weighted by Gasteiger charge is 2.21. The summed E-state index contributed by atoms with van der Waals surface area (Å²) in [5, 5.41) is 12.6. The Kier molecular flexibility index (Phi) is 5.99. The van der Waals surface area contributed by atoms with Gasteiger partial charge in [-0.1, -0.05) is 12.1 Å². The zero-order chi connectivity index (χ0) is 19.2. The Hall–Kier alpha value is -2.98. The molecule has 1 aromatic carbocycles. The number of benzene rings is 1. The van der Waals surface area contributed by atoms with Crippen LogP contribution in [0.3, 0.4) is 0 Å². The van der Waals surface area contributed by atoms with Gasteiger partial charge in [-0.05, 0) is 55.0 Å². The molecular weight excluding hydrogens is 367 g/mol. The lowest BCUT2D eigenvalue weighted by molar-refractivity contribution is -0.142. The quantitative estimate of drug-likeness (QED) is 0.628. The van der Waals surface area contributed by atoms with Gasteiger partial charge in [0.05, 0.1) is 5.56 Å². The zero-order valence-corrected chi connectivity index (χ0v) is 15.3. The number of nitrogens with zero attached hydrogens (tertiary/aromatic N) is 1. The third-order valence-corrected chi connectivity index (χ3v) is 5.37. The normalized spacial score (nSPS) is 13.0. The lowest BCUT2D eigenvalue weighted by Crippen LogP contribution is -2.20. The molecule has 1 amide bonds. The third kappa shape index (κ3) is 4.80. The number of nitrogens with one attached hydrogen (secondary N) is 1. The van der Waals surface area contributed by atoms with E-state index in [-0.39, 0.29) is 5.82 Å². The van der Waals surface area contributed by atoms with E-state index in [0.717, 1.165) is 36.1 Å². The van der Waals surface area contributed by atoms with Crippen LogP contribution in [0.5, 0.6) is 0 Å². The Morgan fingerprint density at radius 2 is 2.00 bits per heavy atom. The van der Waals surface area contributed by atoms with Crippen LogP contribution in [0, 0.1) is 17.1 Å². The molecule has 0 saturated heterocycles. The number of esters is 1. The molecule has 0 saturated carbocycles. The summed E-state index contributed by atoms with van der Waals surface area (Å²) in [5.74, 6) is -1.53. The number of halogens is 1. The molecule has 1 heterocycles. The topological polar surface area (TPSA) is 79.2 Å². The van der Waals surface area contributed by atoms with E-state index in [0.29, 0.717) is 16.1 Å². The second-order valence-electron chi connectivity index (χ2n) is 6.07. The van der Waals surface area contributed by atoms with Gasteiger partial charge in [-0.15, -0.1) is 11.3 Å². The molecule has 0 atom stereocenters. The van der Waals surface area contributed by atoms with Crippen molar-refractivity contribution in [3.8, 4) is 6.07 Å². The molecule has 0 radical (unpaired) electrons. The predicted octanol–water partition coefficient (Wildman–Crippen LogP) is 3.83. The summed E-state index contributed by atoms with van der Waals surface area (Å²) in [4.78, 5) is 24.9. The van der Waals surface area contributed by atoms with Gasteiger partial charge in [0.15, 0.2) is 6.61 Å². The molecule has 138 valence electrons. The van der Waals surface area contributed by atoms with Gasteiger partial charge in [0.2, 0.25) is 0 Å². The van der Waals surface area contributed by atoms with Crippen LogP contribution in [-0.2, 0) is 27.2 Å². The first kappa shape index (κ1) is 18.8. The Labute approximate surface area is 160 Å². The van der Waals surface area contributed by atoms with Crippen molar-refractivity contribution in [1.29, 1.82) is 5.26 Å². The molecule has 2 aromatic rings. The number of ether oxygens (including phenoxy) is 1. The number of carbonyl (C=O) groups excluding carboxylic acids is 2. The molecule has 1 N–H and O–H groups in total. The van der Waals surface area contributed by atoms with E-state index in [1.165, 1.54) is 47.8 Å². The number of rotatable bonds is 5. The number of hydrogen-bond donors (Lipinski definition) is 1. The molecule has 0 bridgehead atoms. The van der Waals surface area contributed by atoms with Crippen molar-refractivity contribution in [3.05, 3.63) is 57.7 Å². The van der Waals surface area contributed by atoms with Crippen molar-refractivity contribution in [3.63, 3.8) is 0 Å². The Morgan fingerprint density at radius 1 is 1.26 bits per heavy atom. The summed E-state index contributed by atoms with van der Waals surface area (Å²) < 4.78 is 17.7. The van der Waals surface area contributed by atoms with E-state index in [1.54, 1.807) is 0 Å². The molecule has 7 heteroatoms. The number of fused-ring (bicyclic) bond motifs is 1. The highest BCUT2D eigenvalue weighted by atomic mass is 32.1. The number of nitriles is 1. The van der Waals surface area contributed by atoms with Crippen molar-refractivity contribution in [1.82, 2.24) is 0 Å². The van der Waals surface area contributed by atoms with E-state index >= 15 is 0 Å². The van der Waals surface area contributed by atoms with Gasteiger partial charge in [0.25, 0.3) is 5.91 Å². The first-order valence-corrected chi connectivity index (χ1v) is 9.33. The second-order valence-corrected chi connectivity index (χ2v) is 7.17. The summed E-state index contributed by atoms with van der Waals surface area (Å²) in [6.45, 7) is -0.444. The van der Waals surface area contributed by atoms with Crippen LogP contribution in [0.2, 0.25) is 0 Å². The number of hydrogen-bond acceptors (Lipinski definition) is 5. The lowest BCUT2D eigenvalue weighted by Gasteiger charge is -2.09. The van der Waals surface area contributed by atoms with Crippen LogP contribution in [0.4, 0.5) is 9.39 Å². The highest BCUT2D eigenvalue weighted by molar-refractivity contribution is 7.16. The summed E-state index contributed by atoms with van der Waals surface area (Å²) in [7, 11) is 0. The summed E-state index contributed by atoms with van der Waals surface area (Å²) >= 11 is 1.42. The standard InChI is InChI=1S/C20H17FN2O3S/c21-14-8-5-13(6-9-14)7-10-19(25)26-12-18(24)23-20-16(11-22)15-3-1-2-4-17(15)27-20/h5-10H,1-4,12H2,(H,23,24). The molecule has 1 aromatic heterocycles. The molecule has 0 fully saturated rings. The number of carbonyl (C=O) groups is 2. The molecule has 27 heavy (non-hydrogen) atoms. The van der Waals surface area contributed by atoms with Crippen LogP contribution >= 0.6 is 11.3 Å². The van der Waals surface area contributed by atoms with Crippen molar-refractivity contribution in [2.45, 2.75) is 25.7 Å². The van der Waals surface area contributed by atoms with E-state index < -0.39 is 18.5 Å². The fourth-order valence-electron chi connectivity index (χ4n) is 2.86. The van der Waals surface area contributed by atoms with E-state index in [9.17, 15) is 19.2 Å². The molecule has 1 aliphatic carbocycles. The van der Waals surface area contributed by atoms with Crippen molar-refractivity contribution in [2.75, 3.05) is 11.9 Å². The van der Waals surface area contributed by atoms with Gasteiger partial charge in [-0.3, -0.25) is 4.79 Å². The fourth-order valence-corrected chi connectivity index (χ4v) is 4.11. The van der Waals surface area contributed by atoms with Crippen LogP contribution in [0.1, 0.15) is 34.4 Å². The van der Waals surface area contributed by atoms with Crippen LogP contribution in [0.25, 0.3) is 6.08 Å². The minimum Gasteiger partial charge on any atom is -0.452 e. The molecule has 0 spiro atoms. The summed E-state index contributed by atoms with van der Waals surface area (Å²) in [6, 6.07) is 7.78. The lowest BCUT2D eigenvalue weighted by atomic mass is 9.96. The summed E-state index contributed by atoms with van der Waals surface area (Å²) in [6.07, 6.45) is 6.56. The van der Waals surface area contributed by atoms with E-state index in [2.05, 4.69) is 11.4 Å². The first-order chi connectivity index (χ1) is 13.1. The van der Waals surface area contributed by atoms with Crippen molar-refractivity contribution < 1.29 is 18.7 Å². The zero-order valence-electron chi connectivity index (χ0n) is 14.5. The molecular formula is C20H17FN2O3S. The van der Waals surface area contributed by atoms with Gasteiger partial charge >= 0.3 is 5.97 Å². The third-order valence-electron chi connectivity index (χ3n) is 4.16. The Bertz CT molecular complexity index is 926. The maximum Gasteiger partial charge on any atom is 0.331 e. The van der Waals surface area contributed by atoms with Gasteiger partial charge in [-0.25, -0.2) is 9.18 Å². The average Bonchev–Trinajstić information content (AvgIpc) is 3.02. The van der Waals surface area contributed by atoms with Gasteiger partial charge in [-0.2, -0.15) is 5.26 Å². The molecule has 0 aliphatic heterocycles. The number of anilines is 1. The summed E-state index contributed by atoms with van der Waals surface area (Å²) in [5.41, 5.74) is 2.19. The minimum absolute atomic E-state index is 0.363. The van der Waals surface area contributed by atoms with Crippen molar-refractivity contribution >= 4 is 34.3 Å². The number of amides is 1. The van der Waals surface area contributed by atoms with E-state index in [4.69, 9.17) is 4.74 Å². The first-order valence-electron chi connectivity index (χ1n) is 8.51. The molecule has 1 aliphatic rings.